The van der Waals surface area contributed by atoms with Gasteiger partial charge < -0.3 is 13.9 Å². The fraction of sp³-hybridized carbons (Fsp3) is 0.148. The summed E-state index contributed by atoms with van der Waals surface area (Å²) < 4.78 is 16.8. The second kappa shape index (κ2) is 9.30. The largest absolute Gasteiger partial charge is 0.489 e. The van der Waals surface area contributed by atoms with Gasteiger partial charge in [0.2, 0.25) is 0 Å². The van der Waals surface area contributed by atoms with Gasteiger partial charge in [-0.1, -0.05) is 18.2 Å². The fourth-order valence-corrected chi connectivity index (χ4v) is 3.69. The average Bonchev–Trinajstić information content (AvgIpc) is 3.22. The lowest BCUT2D eigenvalue weighted by Crippen LogP contribution is -2.07. The van der Waals surface area contributed by atoms with Gasteiger partial charge in [-0.15, -0.1) is 0 Å². The van der Waals surface area contributed by atoms with Gasteiger partial charge >= 0.3 is 5.97 Å². The zero-order valence-electron chi connectivity index (χ0n) is 18.2. The minimum Gasteiger partial charge on any atom is -0.489 e. The van der Waals surface area contributed by atoms with E-state index >= 15 is 0 Å². The molecule has 0 fully saturated rings. The quantitative estimate of drug-likeness (QED) is 0.373. The molecule has 1 aromatic heterocycles. The second-order valence-electron chi connectivity index (χ2n) is 7.59. The Labute approximate surface area is 191 Å². The van der Waals surface area contributed by atoms with Gasteiger partial charge in [0.15, 0.2) is 0 Å². The SMILES string of the molecule is COC(=O)Cc1ccc(C#N)cc1OCc1cc(-c2cccc(C#N)c2)c2oc(C)cc2c1. The monoisotopic (exact) mass is 436 g/mol. The summed E-state index contributed by atoms with van der Waals surface area (Å²) in [5.41, 5.74) is 4.99. The summed E-state index contributed by atoms with van der Waals surface area (Å²) in [6.07, 6.45) is 0.0453. The number of esters is 1. The summed E-state index contributed by atoms with van der Waals surface area (Å²) in [5.74, 6) is 0.846. The maximum absolute atomic E-state index is 11.8. The summed E-state index contributed by atoms with van der Waals surface area (Å²) in [6, 6.07) is 22.5. The Kier molecular flexibility index (Phi) is 6.11. The van der Waals surface area contributed by atoms with Gasteiger partial charge in [0.25, 0.3) is 0 Å². The molecule has 0 atom stereocenters. The van der Waals surface area contributed by atoms with E-state index in [1.165, 1.54) is 7.11 Å². The van der Waals surface area contributed by atoms with Crippen LogP contribution in [0.3, 0.4) is 0 Å². The molecule has 0 radical (unpaired) electrons. The van der Waals surface area contributed by atoms with Crippen LogP contribution in [0.25, 0.3) is 22.1 Å². The second-order valence-corrected chi connectivity index (χ2v) is 7.59. The van der Waals surface area contributed by atoms with Gasteiger partial charge in [0.1, 0.15) is 23.7 Å². The van der Waals surface area contributed by atoms with E-state index in [0.29, 0.717) is 22.4 Å². The first-order chi connectivity index (χ1) is 16.0. The number of fused-ring (bicyclic) bond motifs is 1. The zero-order chi connectivity index (χ0) is 23.4. The molecular weight excluding hydrogens is 416 g/mol. The summed E-state index contributed by atoms with van der Waals surface area (Å²) in [6.45, 7) is 2.10. The molecule has 33 heavy (non-hydrogen) atoms. The summed E-state index contributed by atoms with van der Waals surface area (Å²) >= 11 is 0. The number of furan rings is 1. The van der Waals surface area contributed by atoms with Crippen LogP contribution >= 0.6 is 0 Å². The number of ether oxygens (including phenoxy) is 2. The van der Waals surface area contributed by atoms with E-state index in [1.54, 1.807) is 24.3 Å². The molecule has 0 saturated heterocycles. The van der Waals surface area contributed by atoms with Crippen molar-refractivity contribution in [1.82, 2.24) is 0 Å². The minimum absolute atomic E-state index is 0.0453. The predicted molar refractivity (Wildman–Crippen MR) is 122 cm³/mol. The maximum Gasteiger partial charge on any atom is 0.310 e. The molecule has 4 rings (SSSR count). The van der Waals surface area contributed by atoms with E-state index in [0.717, 1.165) is 33.4 Å². The minimum atomic E-state index is -0.389. The van der Waals surface area contributed by atoms with Gasteiger partial charge in [-0.2, -0.15) is 10.5 Å². The molecule has 3 aromatic carbocycles. The first-order valence-electron chi connectivity index (χ1n) is 10.3. The van der Waals surface area contributed by atoms with E-state index in [1.807, 2.05) is 43.3 Å². The lowest BCUT2D eigenvalue weighted by molar-refractivity contribution is -0.139. The first-order valence-corrected chi connectivity index (χ1v) is 10.3. The number of aryl methyl sites for hydroxylation is 1. The van der Waals surface area contributed by atoms with E-state index in [9.17, 15) is 15.3 Å². The molecule has 0 N–H and O–H groups in total. The molecule has 162 valence electrons. The Morgan fingerprint density at radius 2 is 1.79 bits per heavy atom. The van der Waals surface area contributed by atoms with Crippen molar-refractivity contribution in [3.05, 3.63) is 88.7 Å². The van der Waals surface area contributed by atoms with E-state index < -0.39 is 0 Å². The van der Waals surface area contributed by atoms with Crippen LogP contribution in [0.1, 0.15) is 28.0 Å². The lowest BCUT2D eigenvalue weighted by Gasteiger charge is -2.13. The average molecular weight is 436 g/mol. The number of nitrogens with zero attached hydrogens (tertiary/aromatic N) is 2. The van der Waals surface area contributed by atoms with Crippen LogP contribution in [0, 0.1) is 29.6 Å². The standard InChI is InChI=1S/C27H20N2O4/c1-17-8-23-10-20(11-24(27(23)33-17)21-5-3-4-18(9-21)14-28)16-32-25-12-19(15-29)6-7-22(25)13-26(30)31-2/h3-12H,13,16H2,1-2H3. The van der Waals surface area contributed by atoms with Crippen LogP contribution in [0.2, 0.25) is 0 Å². The van der Waals surface area contributed by atoms with Crippen LogP contribution in [0.5, 0.6) is 5.75 Å². The lowest BCUT2D eigenvalue weighted by atomic mass is 9.99. The Bertz CT molecular complexity index is 1440. The van der Waals surface area contributed by atoms with Crippen molar-refractivity contribution in [3.63, 3.8) is 0 Å². The van der Waals surface area contributed by atoms with Crippen LogP contribution in [-0.2, 0) is 22.6 Å². The zero-order valence-corrected chi connectivity index (χ0v) is 18.2. The number of carbonyl (C=O) groups is 1. The maximum atomic E-state index is 11.8. The normalized spacial score (nSPS) is 10.4. The van der Waals surface area contributed by atoms with Gasteiger partial charge in [0.05, 0.1) is 36.8 Å². The van der Waals surface area contributed by atoms with Crippen LogP contribution in [-0.4, -0.2) is 13.1 Å². The number of hydrogen-bond donors (Lipinski definition) is 0. The number of rotatable bonds is 6. The molecule has 0 bridgehead atoms. The molecule has 1 heterocycles. The van der Waals surface area contributed by atoms with Crippen molar-refractivity contribution in [1.29, 1.82) is 10.5 Å². The smallest absolute Gasteiger partial charge is 0.310 e. The summed E-state index contributed by atoms with van der Waals surface area (Å²) in [4.78, 5) is 11.8. The third kappa shape index (κ3) is 4.71. The van der Waals surface area contributed by atoms with Crippen LogP contribution in [0.4, 0.5) is 0 Å². The number of hydrogen-bond acceptors (Lipinski definition) is 6. The van der Waals surface area contributed by atoms with Crippen molar-refractivity contribution in [3.8, 4) is 29.0 Å². The highest BCUT2D eigenvalue weighted by Crippen LogP contribution is 2.33. The topological polar surface area (TPSA) is 96.3 Å². The molecule has 6 nitrogen and oxygen atoms in total. The third-order valence-corrected chi connectivity index (χ3v) is 5.25. The van der Waals surface area contributed by atoms with E-state index in [-0.39, 0.29) is 19.0 Å². The highest BCUT2D eigenvalue weighted by atomic mass is 16.5. The molecular formula is C27H20N2O4. The highest BCUT2D eigenvalue weighted by Gasteiger charge is 2.14. The molecule has 0 unspecified atom stereocenters. The third-order valence-electron chi connectivity index (χ3n) is 5.25. The van der Waals surface area contributed by atoms with E-state index in [4.69, 9.17) is 13.9 Å². The van der Waals surface area contributed by atoms with E-state index in [2.05, 4.69) is 12.1 Å². The Hall–Kier alpha value is -4.55. The number of nitriles is 2. The fourth-order valence-electron chi connectivity index (χ4n) is 3.69. The van der Waals surface area contributed by atoms with Crippen molar-refractivity contribution >= 4 is 16.9 Å². The molecule has 0 aliphatic rings. The molecule has 0 aliphatic heterocycles. The van der Waals surface area contributed by atoms with Crippen LogP contribution in [0.15, 0.2) is 65.1 Å². The Morgan fingerprint density at radius 1 is 1.00 bits per heavy atom. The molecule has 0 aliphatic carbocycles. The molecule has 6 heteroatoms. The predicted octanol–water partition coefficient (Wildman–Crippen LogP) is 5.45. The highest BCUT2D eigenvalue weighted by molar-refractivity contribution is 5.93. The summed E-state index contributed by atoms with van der Waals surface area (Å²) in [7, 11) is 1.33. The van der Waals surface area contributed by atoms with Crippen LogP contribution < -0.4 is 4.74 Å². The molecule has 4 aromatic rings. The molecule has 0 amide bonds. The Morgan fingerprint density at radius 3 is 2.55 bits per heavy atom. The van der Waals surface area contributed by atoms with Crippen molar-refractivity contribution in [2.45, 2.75) is 20.0 Å². The van der Waals surface area contributed by atoms with Crippen molar-refractivity contribution in [2.75, 3.05) is 7.11 Å². The Balaban J connectivity index is 1.71. The number of carbonyl (C=O) groups excluding carboxylic acids is 1. The van der Waals surface area contributed by atoms with Gasteiger partial charge in [-0.25, -0.2) is 0 Å². The first kappa shape index (κ1) is 21.7. The van der Waals surface area contributed by atoms with Gasteiger partial charge in [0, 0.05) is 16.5 Å². The number of methoxy groups -OCH3 is 1. The number of benzene rings is 3. The van der Waals surface area contributed by atoms with Gasteiger partial charge in [-0.05, 0) is 60.5 Å². The molecule has 0 saturated carbocycles. The summed E-state index contributed by atoms with van der Waals surface area (Å²) in [5, 5.41) is 19.5. The van der Waals surface area contributed by atoms with Crippen molar-refractivity contribution in [2.24, 2.45) is 0 Å². The van der Waals surface area contributed by atoms with Crippen molar-refractivity contribution < 1.29 is 18.7 Å². The molecule has 0 spiro atoms. The van der Waals surface area contributed by atoms with Gasteiger partial charge in [-0.3, -0.25) is 4.79 Å².